The van der Waals surface area contributed by atoms with Crippen molar-refractivity contribution in [3.63, 3.8) is 0 Å². The third-order valence-corrected chi connectivity index (χ3v) is 4.88. The normalized spacial score (nSPS) is 15.6. The molecule has 0 aliphatic carbocycles. The van der Waals surface area contributed by atoms with E-state index in [1.165, 1.54) is 18.3 Å². The molecule has 0 radical (unpaired) electrons. The van der Waals surface area contributed by atoms with E-state index in [9.17, 15) is 19.1 Å². The number of hydrogen-bond acceptors (Lipinski definition) is 3. The molecule has 1 atom stereocenters. The third-order valence-electron chi connectivity index (χ3n) is 4.88. The van der Waals surface area contributed by atoms with Gasteiger partial charge in [0.25, 0.3) is 0 Å². The largest absolute Gasteiger partial charge is 0.497 e. The molecule has 0 bridgehead atoms. The molecule has 2 N–H and O–H groups in total. The van der Waals surface area contributed by atoms with Crippen molar-refractivity contribution in [3.8, 4) is 11.4 Å². The standard InChI is InChI=1S/C21H17FN2O4/c1-28-15-8-2-12(3-9-15)16-10-18(25)23-19-17(21(26)27)11-24(20(16)19)14-6-4-13(22)5-7-14/h2-9,11,16H,10H2,1H3,(H,23,25)(H,26,27). The molecule has 1 aromatic heterocycles. The molecule has 4 rings (SSSR count). The van der Waals surface area contributed by atoms with Crippen LogP contribution < -0.4 is 10.1 Å². The lowest BCUT2D eigenvalue weighted by atomic mass is 9.88. The lowest BCUT2D eigenvalue weighted by molar-refractivity contribution is -0.116. The third kappa shape index (κ3) is 3.00. The minimum Gasteiger partial charge on any atom is -0.497 e. The van der Waals surface area contributed by atoms with Crippen molar-refractivity contribution in [3.05, 3.63) is 77.4 Å². The molecule has 1 aliphatic rings. The first-order valence-corrected chi connectivity index (χ1v) is 8.66. The number of carboxylic acid groups (broad SMARTS) is 1. The number of carbonyl (C=O) groups excluding carboxylic acids is 1. The number of fused-ring (bicyclic) bond motifs is 1. The number of benzene rings is 2. The molecule has 0 fully saturated rings. The van der Waals surface area contributed by atoms with Crippen LogP contribution in [0.3, 0.4) is 0 Å². The second-order valence-corrected chi connectivity index (χ2v) is 6.53. The van der Waals surface area contributed by atoms with Crippen LogP contribution in [-0.4, -0.2) is 28.7 Å². The number of ether oxygens (including phenoxy) is 1. The minimum absolute atomic E-state index is 0.00844. The van der Waals surface area contributed by atoms with E-state index in [0.717, 1.165) is 5.56 Å². The summed E-state index contributed by atoms with van der Waals surface area (Å²) in [5, 5.41) is 12.3. The van der Waals surface area contributed by atoms with Crippen molar-refractivity contribution in [1.29, 1.82) is 0 Å². The Morgan fingerprint density at radius 2 is 1.86 bits per heavy atom. The van der Waals surface area contributed by atoms with Gasteiger partial charge in [0.15, 0.2) is 0 Å². The molecule has 28 heavy (non-hydrogen) atoms. The molecule has 0 saturated heterocycles. The molecule has 2 aromatic carbocycles. The van der Waals surface area contributed by atoms with E-state index < -0.39 is 5.97 Å². The average Bonchev–Trinajstić information content (AvgIpc) is 3.07. The number of anilines is 1. The second kappa shape index (κ2) is 6.84. The smallest absolute Gasteiger partial charge is 0.339 e. The van der Waals surface area contributed by atoms with Gasteiger partial charge in [0, 0.05) is 24.2 Å². The fourth-order valence-electron chi connectivity index (χ4n) is 3.56. The SMILES string of the molecule is COc1ccc(C2CC(=O)Nc3c(C(=O)O)cn(-c4ccc(F)cc4)c32)cc1. The van der Waals surface area contributed by atoms with E-state index in [-0.39, 0.29) is 35.3 Å². The Balaban J connectivity index is 1.92. The summed E-state index contributed by atoms with van der Waals surface area (Å²) in [7, 11) is 1.57. The molecule has 2 heterocycles. The van der Waals surface area contributed by atoms with Crippen LogP contribution in [0.15, 0.2) is 54.7 Å². The van der Waals surface area contributed by atoms with Gasteiger partial charge in [0.1, 0.15) is 17.1 Å². The van der Waals surface area contributed by atoms with Crippen LogP contribution in [-0.2, 0) is 4.79 Å². The number of rotatable bonds is 4. The number of hydrogen-bond donors (Lipinski definition) is 2. The van der Waals surface area contributed by atoms with Crippen molar-refractivity contribution in [2.24, 2.45) is 0 Å². The fraction of sp³-hybridized carbons (Fsp3) is 0.143. The number of carboxylic acids is 1. The molecule has 0 saturated carbocycles. The van der Waals surface area contributed by atoms with Crippen molar-refractivity contribution >= 4 is 17.6 Å². The van der Waals surface area contributed by atoms with Gasteiger partial charge >= 0.3 is 5.97 Å². The first-order valence-electron chi connectivity index (χ1n) is 8.66. The minimum atomic E-state index is -1.15. The van der Waals surface area contributed by atoms with Gasteiger partial charge in [-0.05, 0) is 42.0 Å². The number of nitrogens with zero attached hydrogens (tertiary/aromatic N) is 1. The monoisotopic (exact) mass is 380 g/mol. The maximum absolute atomic E-state index is 13.4. The van der Waals surface area contributed by atoms with E-state index in [1.54, 1.807) is 35.9 Å². The molecule has 1 unspecified atom stereocenters. The van der Waals surface area contributed by atoms with Crippen molar-refractivity contribution in [2.75, 3.05) is 12.4 Å². The van der Waals surface area contributed by atoms with Crippen molar-refractivity contribution in [2.45, 2.75) is 12.3 Å². The van der Waals surface area contributed by atoms with E-state index in [1.807, 2.05) is 12.1 Å². The van der Waals surface area contributed by atoms with Gasteiger partial charge in [-0.3, -0.25) is 4.79 Å². The Kier molecular flexibility index (Phi) is 4.35. The number of aromatic carboxylic acids is 1. The van der Waals surface area contributed by atoms with Crippen LogP contribution in [0.5, 0.6) is 5.75 Å². The van der Waals surface area contributed by atoms with E-state index in [2.05, 4.69) is 5.32 Å². The lowest BCUT2D eigenvalue weighted by Gasteiger charge is -2.26. The Bertz CT molecular complexity index is 1060. The van der Waals surface area contributed by atoms with Crippen LogP contribution >= 0.6 is 0 Å². The predicted octanol–water partition coefficient (Wildman–Crippen LogP) is 3.80. The molecule has 1 amide bonds. The Labute approximate surface area is 160 Å². The van der Waals surface area contributed by atoms with E-state index >= 15 is 0 Å². The average molecular weight is 380 g/mol. The molecule has 3 aromatic rings. The van der Waals surface area contributed by atoms with E-state index in [0.29, 0.717) is 17.1 Å². The predicted molar refractivity (Wildman–Crippen MR) is 101 cm³/mol. The summed E-state index contributed by atoms with van der Waals surface area (Å²) in [6, 6.07) is 13.1. The van der Waals surface area contributed by atoms with Crippen LogP contribution in [0, 0.1) is 5.82 Å². The van der Waals surface area contributed by atoms with Gasteiger partial charge in [0.2, 0.25) is 5.91 Å². The molecule has 7 heteroatoms. The van der Waals surface area contributed by atoms with Crippen molar-refractivity contribution in [1.82, 2.24) is 4.57 Å². The molecule has 0 spiro atoms. The van der Waals surface area contributed by atoms with Gasteiger partial charge in [-0.1, -0.05) is 12.1 Å². The van der Waals surface area contributed by atoms with Crippen LogP contribution in [0.25, 0.3) is 5.69 Å². The summed E-state index contributed by atoms with van der Waals surface area (Å²) in [5.74, 6) is -1.46. The highest BCUT2D eigenvalue weighted by Gasteiger charge is 2.34. The Morgan fingerprint density at radius 3 is 2.46 bits per heavy atom. The molecular weight excluding hydrogens is 363 g/mol. The number of amides is 1. The number of nitrogens with one attached hydrogen (secondary N) is 1. The summed E-state index contributed by atoms with van der Waals surface area (Å²) < 4.78 is 20.3. The molecule has 1 aliphatic heterocycles. The number of methoxy groups -OCH3 is 1. The second-order valence-electron chi connectivity index (χ2n) is 6.53. The summed E-state index contributed by atoms with van der Waals surface area (Å²) >= 11 is 0. The Morgan fingerprint density at radius 1 is 1.18 bits per heavy atom. The highest BCUT2D eigenvalue weighted by atomic mass is 19.1. The summed E-state index contributed by atoms with van der Waals surface area (Å²) in [6.45, 7) is 0. The summed E-state index contributed by atoms with van der Waals surface area (Å²) in [4.78, 5) is 24.1. The lowest BCUT2D eigenvalue weighted by Crippen LogP contribution is -2.25. The zero-order chi connectivity index (χ0) is 19.8. The highest BCUT2D eigenvalue weighted by molar-refractivity contribution is 6.04. The maximum Gasteiger partial charge on any atom is 0.339 e. The van der Waals surface area contributed by atoms with Crippen molar-refractivity contribution < 1.29 is 23.8 Å². The highest BCUT2D eigenvalue weighted by Crippen LogP contribution is 2.41. The molecule has 142 valence electrons. The zero-order valence-corrected chi connectivity index (χ0v) is 15.0. The number of halogens is 1. The zero-order valence-electron chi connectivity index (χ0n) is 15.0. The molecule has 6 nitrogen and oxygen atoms in total. The van der Waals surface area contributed by atoms with Gasteiger partial charge in [-0.15, -0.1) is 0 Å². The summed E-state index contributed by atoms with van der Waals surface area (Å²) in [6.07, 6.45) is 1.63. The van der Waals surface area contributed by atoms with Crippen LogP contribution in [0.1, 0.15) is 34.0 Å². The van der Waals surface area contributed by atoms with E-state index in [4.69, 9.17) is 4.74 Å². The first kappa shape index (κ1) is 17.8. The van der Waals surface area contributed by atoms with Gasteiger partial charge in [-0.25, -0.2) is 9.18 Å². The molecular formula is C21H17FN2O4. The van der Waals surface area contributed by atoms with Crippen LogP contribution in [0.4, 0.5) is 10.1 Å². The topological polar surface area (TPSA) is 80.6 Å². The van der Waals surface area contributed by atoms with Gasteiger partial charge in [-0.2, -0.15) is 0 Å². The van der Waals surface area contributed by atoms with Gasteiger partial charge in [0.05, 0.1) is 18.5 Å². The quantitative estimate of drug-likeness (QED) is 0.722. The number of carbonyl (C=O) groups is 2. The fourth-order valence-corrected chi connectivity index (χ4v) is 3.56. The summed E-state index contributed by atoms with van der Waals surface area (Å²) in [5.41, 5.74) is 2.38. The Hall–Kier alpha value is -3.61. The first-order chi connectivity index (χ1) is 13.5. The maximum atomic E-state index is 13.4. The van der Waals surface area contributed by atoms with Crippen LogP contribution in [0.2, 0.25) is 0 Å². The number of aromatic nitrogens is 1. The van der Waals surface area contributed by atoms with Gasteiger partial charge < -0.3 is 19.7 Å².